The number of rotatable bonds is 6. The molecule has 2 aromatic heterocycles. The smallest absolute Gasteiger partial charge is 0.475 e. The lowest BCUT2D eigenvalue weighted by Gasteiger charge is -2.33. The number of aromatic nitrogens is 2. The number of fused-ring (bicyclic) bond motifs is 1. The highest BCUT2D eigenvalue weighted by molar-refractivity contribution is 7.88. The summed E-state index contributed by atoms with van der Waals surface area (Å²) in [5, 5.41) is 11.5. The molecule has 0 saturated heterocycles. The van der Waals surface area contributed by atoms with E-state index in [2.05, 4.69) is 33.8 Å². The van der Waals surface area contributed by atoms with E-state index in [0.29, 0.717) is 6.54 Å². The van der Waals surface area contributed by atoms with Gasteiger partial charge >= 0.3 is 12.1 Å². The van der Waals surface area contributed by atoms with Gasteiger partial charge in [0.2, 0.25) is 10.0 Å². The number of halogens is 3. The average molecular weight is 469 g/mol. The second-order valence-electron chi connectivity index (χ2n) is 6.86. The Bertz CT molecular complexity index is 956. The molecule has 2 N–H and O–H groups in total. The summed E-state index contributed by atoms with van der Waals surface area (Å²) in [7, 11) is -3.14. The number of thiophene rings is 1. The molecule has 168 valence electrons. The summed E-state index contributed by atoms with van der Waals surface area (Å²) >= 11 is 1.83. The van der Waals surface area contributed by atoms with E-state index in [-0.39, 0.29) is 6.04 Å². The number of carboxylic acid groups (broad SMARTS) is 1. The molecule has 2 aromatic rings. The number of nitrogens with zero attached hydrogens (tertiary/aromatic N) is 3. The molecule has 1 atom stereocenters. The van der Waals surface area contributed by atoms with Crippen LogP contribution in [0.5, 0.6) is 0 Å². The van der Waals surface area contributed by atoms with E-state index in [4.69, 9.17) is 9.90 Å². The van der Waals surface area contributed by atoms with Gasteiger partial charge in [0.05, 0.1) is 18.0 Å². The molecule has 1 unspecified atom stereocenters. The molecule has 3 heterocycles. The van der Waals surface area contributed by atoms with Crippen LogP contribution in [0.15, 0.2) is 24.4 Å². The van der Waals surface area contributed by atoms with Gasteiger partial charge in [-0.15, -0.1) is 11.3 Å². The van der Waals surface area contributed by atoms with Gasteiger partial charge in [-0.1, -0.05) is 0 Å². The molecular formula is C17H23F3N4O4S2. The molecule has 30 heavy (non-hydrogen) atoms. The maximum absolute atomic E-state index is 11.2. The molecule has 0 aliphatic carbocycles. The van der Waals surface area contributed by atoms with Gasteiger partial charge < -0.3 is 5.11 Å². The Morgan fingerprint density at radius 1 is 1.37 bits per heavy atom. The predicted molar refractivity (Wildman–Crippen MR) is 106 cm³/mol. The normalized spacial score (nSPS) is 17.2. The molecule has 0 aromatic carbocycles. The summed E-state index contributed by atoms with van der Waals surface area (Å²) in [6.07, 6.45) is -1.33. The Balaban J connectivity index is 0.000000396. The number of hydrogen-bond donors (Lipinski definition) is 2. The van der Waals surface area contributed by atoms with Crippen LogP contribution >= 0.6 is 11.3 Å². The number of nitrogens with one attached hydrogen (secondary N) is 1. The molecule has 0 amide bonds. The van der Waals surface area contributed by atoms with Crippen LogP contribution in [0.25, 0.3) is 0 Å². The van der Waals surface area contributed by atoms with Crippen molar-refractivity contribution in [2.45, 2.75) is 38.7 Å². The van der Waals surface area contributed by atoms with Crippen LogP contribution in [-0.4, -0.2) is 59.7 Å². The molecule has 0 fully saturated rings. The van der Waals surface area contributed by atoms with Crippen LogP contribution in [0.1, 0.15) is 27.9 Å². The number of aryl methyl sites for hydroxylation is 1. The van der Waals surface area contributed by atoms with Gasteiger partial charge in [-0.25, -0.2) is 17.9 Å². The molecule has 13 heteroatoms. The van der Waals surface area contributed by atoms with Gasteiger partial charge in [0.1, 0.15) is 0 Å². The zero-order chi connectivity index (χ0) is 22.5. The van der Waals surface area contributed by atoms with Crippen molar-refractivity contribution in [3.05, 3.63) is 39.8 Å². The quantitative estimate of drug-likeness (QED) is 0.675. The molecule has 0 radical (unpaired) electrons. The number of hydrogen-bond acceptors (Lipinski definition) is 6. The summed E-state index contributed by atoms with van der Waals surface area (Å²) in [5.41, 5.74) is 1.19. The van der Waals surface area contributed by atoms with Gasteiger partial charge in [0.15, 0.2) is 0 Å². The fourth-order valence-electron chi connectivity index (χ4n) is 3.00. The number of alkyl halides is 3. The van der Waals surface area contributed by atoms with Crippen molar-refractivity contribution >= 4 is 27.3 Å². The largest absolute Gasteiger partial charge is 0.490 e. The van der Waals surface area contributed by atoms with Gasteiger partial charge in [-0.05, 0) is 31.5 Å². The van der Waals surface area contributed by atoms with E-state index >= 15 is 0 Å². The first-order valence-corrected chi connectivity index (χ1v) is 11.6. The Hall–Kier alpha value is -1.96. The van der Waals surface area contributed by atoms with Crippen molar-refractivity contribution in [2.75, 3.05) is 19.3 Å². The van der Waals surface area contributed by atoms with Crippen LogP contribution < -0.4 is 4.72 Å². The lowest BCUT2D eigenvalue weighted by Crippen LogP contribution is -2.38. The lowest BCUT2D eigenvalue weighted by atomic mass is 10.1. The number of aliphatic carboxylic acids is 1. The van der Waals surface area contributed by atoms with Crippen LogP contribution in [0.3, 0.4) is 0 Å². The van der Waals surface area contributed by atoms with Crippen LogP contribution in [0.4, 0.5) is 13.2 Å². The number of sulfonamides is 1. The highest BCUT2D eigenvalue weighted by Gasteiger charge is 2.38. The first-order valence-electron chi connectivity index (χ1n) is 8.90. The molecule has 1 aliphatic heterocycles. The molecule has 3 rings (SSSR count). The molecule has 1 aliphatic rings. The minimum absolute atomic E-state index is 0.198. The van der Waals surface area contributed by atoms with E-state index in [1.165, 1.54) is 21.7 Å². The molecule has 8 nitrogen and oxygen atoms in total. The zero-order valence-corrected chi connectivity index (χ0v) is 18.0. The lowest BCUT2D eigenvalue weighted by molar-refractivity contribution is -0.192. The highest BCUT2D eigenvalue weighted by atomic mass is 32.2. The topological polar surface area (TPSA) is 105 Å². The Kier molecular flexibility index (Phi) is 8.02. The summed E-state index contributed by atoms with van der Waals surface area (Å²) < 4.78 is 58.8. The third kappa shape index (κ3) is 7.70. The SMILES string of the molecule is Cc1ccc(CN2Cc3ccnn3C(CCNS(C)(=O)=O)C2)s1.O=C(O)C(F)(F)F. The van der Waals surface area contributed by atoms with Gasteiger partial charge in [0, 0.05) is 42.1 Å². The van der Waals surface area contributed by atoms with Crippen molar-refractivity contribution in [3.63, 3.8) is 0 Å². The Morgan fingerprint density at radius 2 is 2.03 bits per heavy atom. The minimum atomic E-state index is -5.08. The van der Waals surface area contributed by atoms with E-state index in [9.17, 15) is 21.6 Å². The molecule has 0 spiro atoms. The standard InChI is InChI=1S/C15H22N4O2S2.C2HF3O2/c1-12-3-4-15(22-12)11-18-9-13-5-7-16-19(13)14(10-18)6-8-17-23(2,20)21;3-2(4,5)1(6)7/h3-5,7,14,17H,6,8-11H2,1-2H3;(H,6,7). The third-order valence-electron chi connectivity index (χ3n) is 4.21. The van der Waals surface area contributed by atoms with Crippen molar-refractivity contribution < 1.29 is 31.5 Å². The van der Waals surface area contributed by atoms with Crippen molar-refractivity contribution in [1.29, 1.82) is 0 Å². The molecule has 0 saturated carbocycles. The molecule has 0 bridgehead atoms. The van der Waals surface area contributed by atoms with Crippen molar-refractivity contribution in [2.24, 2.45) is 0 Å². The van der Waals surface area contributed by atoms with E-state index in [0.717, 1.165) is 26.1 Å². The van der Waals surface area contributed by atoms with Gasteiger partial charge in [0.25, 0.3) is 0 Å². The second-order valence-corrected chi connectivity index (χ2v) is 10.1. The highest BCUT2D eigenvalue weighted by Crippen LogP contribution is 2.26. The van der Waals surface area contributed by atoms with Gasteiger partial charge in [-0.3, -0.25) is 9.58 Å². The number of carboxylic acids is 1. The molecular weight excluding hydrogens is 445 g/mol. The van der Waals surface area contributed by atoms with Crippen LogP contribution in [-0.2, 0) is 27.9 Å². The average Bonchev–Trinajstić information content (AvgIpc) is 3.22. The third-order valence-corrected chi connectivity index (χ3v) is 5.93. The van der Waals surface area contributed by atoms with Crippen molar-refractivity contribution in [1.82, 2.24) is 19.4 Å². The summed E-state index contributed by atoms with van der Waals surface area (Å²) in [4.78, 5) is 14.0. The second kappa shape index (κ2) is 9.90. The van der Waals surface area contributed by atoms with Gasteiger partial charge in [-0.2, -0.15) is 18.3 Å². The van der Waals surface area contributed by atoms with E-state index in [1.807, 2.05) is 28.3 Å². The fourth-order valence-corrected chi connectivity index (χ4v) is 4.42. The van der Waals surface area contributed by atoms with E-state index < -0.39 is 22.2 Å². The Labute approximate surface area is 176 Å². The zero-order valence-electron chi connectivity index (χ0n) is 16.4. The first-order chi connectivity index (χ1) is 13.8. The summed E-state index contributed by atoms with van der Waals surface area (Å²) in [6, 6.07) is 6.58. The number of carbonyl (C=O) groups is 1. The minimum Gasteiger partial charge on any atom is -0.475 e. The summed E-state index contributed by atoms with van der Waals surface area (Å²) in [6.45, 7) is 5.26. The first kappa shape index (κ1) is 24.3. The Morgan fingerprint density at radius 3 is 2.57 bits per heavy atom. The predicted octanol–water partition coefficient (Wildman–Crippen LogP) is 2.38. The maximum atomic E-state index is 11.2. The summed E-state index contributed by atoms with van der Waals surface area (Å²) in [5.74, 6) is -2.76. The van der Waals surface area contributed by atoms with Crippen LogP contribution in [0, 0.1) is 6.92 Å². The van der Waals surface area contributed by atoms with Crippen molar-refractivity contribution in [3.8, 4) is 0 Å². The monoisotopic (exact) mass is 468 g/mol. The maximum Gasteiger partial charge on any atom is 0.490 e. The fraction of sp³-hybridized carbons (Fsp3) is 0.529. The van der Waals surface area contributed by atoms with E-state index in [1.54, 1.807) is 0 Å². The van der Waals surface area contributed by atoms with Crippen LogP contribution in [0.2, 0.25) is 0 Å².